The van der Waals surface area contributed by atoms with Crippen LogP contribution in [0.25, 0.3) is 0 Å². The van der Waals surface area contributed by atoms with Crippen molar-refractivity contribution < 1.29 is 13.2 Å². The first-order chi connectivity index (χ1) is 7.41. The molecule has 0 aliphatic carbocycles. The summed E-state index contributed by atoms with van der Waals surface area (Å²) in [7, 11) is 0. The molecule has 0 saturated heterocycles. The second-order valence-electron chi connectivity index (χ2n) is 4.00. The zero-order valence-corrected chi connectivity index (χ0v) is 9.65. The van der Waals surface area contributed by atoms with Crippen molar-refractivity contribution in [2.24, 2.45) is 0 Å². The average Bonchev–Trinajstić information content (AvgIpc) is 2.22. The van der Waals surface area contributed by atoms with Gasteiger partial charge in [0.1, 0.15) is 11.4 Å². The maximum atomic E-state index is 13.3. The van der Waals surface area contributed by atoms with Gasteiger partial charge in [0.15, 0.2) is 0 Å². The van der Waals surface area contributed by atoms with Crippen molar-refractivity contribution in [3.63, 3.8) is 0 Å². The van der Waals surface area contributed by atoms with Crippen LogP contribution in [-0.2, 0) is 5.54 Å². The lowest BCUT2D eigenvalue weighted by Crippen LogP contribution is -2.45. The fourth-order valence-corrected chi connectivity index (χ4v) is 1.59. The molecule has 1 N–H and O–H groups in total. The van der Waals surface area contributed by atoms with Crippen LogP contribution in [0, 0.1) is 12.7 Å². The normalized spacial score (nSPS) is 15.2. The van der Waals surface area contributed by atoms with E-state index in [1.165, 1.54) is 25.1 Å². The van der Waals surface area contributed by atoms with Crippen LogP contribution in [0.4, 0.5) is 13.2 Å². The van der Waals surface area contributed by atoms with E-state index in [0.717, 1.165) is 0 Å². The van der Waals surface area contributed by atoms with E-state index in [1.54, 1.807) is 13.8 Å². The molecule has 16 heavy (non-hydrogen) atoms. The van der Waals surface area contributed by atoms with Gasteiger partial charge in [0.2, 0.25) is 0 Å². The zero-order chi connectivity index (χ0) is 12.3. The number of alkyl halides is 2. The van der Waals surface area contributed by atoms with Gasteiger partial charge in [-0.3, -0.25) is 0 Å². The van der Waals surface area contributed by atoms with Crippen molar-refractivity contribution in [1.29, 1.82) is 0 Å². The molecular formula is C12H16F3N. The van der Waals surface area contributed by atoms with Crippen LogP contribution in [0.15, 0.2) is 18.2 Å². The Morgan fingerprint density at radius 3 is 2.44 bits per heavy atom. The summed E-state index contributed by atoms with van der Waals surface area (Å²) in [5, 5.41) is 2.70. The van der Waals surface area contributed by atoms with E-state index in [9.17, 15) is 13.2 Å². The standard InChI is InChI=1S/C12H16F3N/c1-4-16-12(3,11(14)15)9-6-5-8(2)10(13)7-9/h5-7,11,16H,4H2,1-3H3. The van der Waals surface area contributed by atoms with Gasteiger partial charge in [-0.05, 0) is 37.6 Å². The van der Waals surface area contributed by atoms with Crippen molar-refractivity contribution in [1.82, 2.24) is 5.32 Å². The molecule has 1 rings (SSSR count). The number of nitrogens with one attached hydrogen (secondary N) is 1. The summed E-state index contributed by atoms with van der Waals surface area (Å²) in [6.45, 7) is 5.12. The van der Waals surface area contributed by atoms with Crippen LogP contribution in [0.2, 0.25) is 0 Å². The lowest BCUT2D eigenvalue weighted by molar-refractivity contribution is 0.0392. The molecule has 1 unspecified atom stereocenters. The van der Waals surface area contributed by atoms with Gasteiger partial charge in [-0.25, -0.2) is 13.2 Å². The maximum Gasteiger partial charge on any atom is 0.260 e. The summed E-state index contributed by atoms with van der Waals surface area (Å²) in [6.07, 6.45) is -2.59. The van der Waals surface area contributed by atoms with Crippen LogP contribution in [0.1, 0.15) is 25.0 Å². The topological polar surface area (TPSA) is 12.0 Å². The molecule has 0 aliphatic heterocycles. The molecule has 0 spiro atoms. The predicted molar refractivity (Wildman–Crippen MR) is 58.2 cm³/mol. The van der Waals surface area contributed by atoms with E-state index in [1.807, 2.05) is 0 Å². The molecule has 1 aromatic carbocycles. The van der Waals surface area contributed by atoms with Gasteiger partial charge in [-0.2, -0.15) is 0 Å². The van der Waals surface area contributed by atoms with E-state index >= 15 is 0 Å². The highest BCUT2D eigenvalue weighted by Crippen LogP contribution is 2.29. The molecule has 0 amide bonds. The van der Waals surface area contributed by atoms with Crippen molar-refractivity contribution in [3.8, 4) is 0 Å². The van der Waals surface area contributed by atoms with Crippen molar-refractivity contribution in [2.75, 3.05) is 6.54 Å². The Bertz CT molecular complexity index is 365. The molecule has 0 saturated carbocycles. The number of hydrogen-bond donors (Lipinski definition) is 1. The van der Waals surface area contributed by atoms with E-state index in [-0.39, 0.29) is 5.56 Å². The third kappa shape index (κ3) is 2.38. The van der Waals surface area contributed by atoms with Crippen LogP contribution in [0.3, 0.4) is 0 Å². The second kappa shape index (κ2) is 4.87. The predicted octanol–water partition coefficient (Wildman–Crippen LogP) is 3.22. The summed E-state index contributed by atoms with van der Waals surface area (Å²) in [6, 6.07) is 4.22. The Kier molecular flexibility index (Phi) is 3.97. The summed E-state index contributed by atoms with van der Waals surface area (Å²) >= 11 is 0. The average molecular weight is 231 g/mol. The van der Waals surface area contributed by atoms with Crippen molar-refractivity contribution in [2.45, 2.75) is 32.7 Å². The summed E-state index contributed by atoms with van der Waals surface area (Å²) in [5.41, 5.74) is -0.771. The van der Waals surface area contributed by atoms with E-state index in [2.05, 4.69) is 5.32 Å². The van der Waals surface area contributed by atoms with Gasteiger partial charge >= 0.3 is 0 Å². The zero-order valence-electron chi connectivity index (χ0n) is 9.65. The minimum atomic E-state index is -2.59. The number of rotatable bonds is 4. The highest BCUT2D eigenvalue weighted by atomic mass is 19.3. The van der Waals surface area contributed by atoms with Crippen LogP contribution >= 0.6 is 0 Å². The minimum absolute atomic E-state index is 0.271. The third-order valence-electron chi connectivity index (χ3n) is 2.75. The summed E-state index contributed by atoms with van der Waals surface area (Å²) in [4.78, 5) is 0. The maximum absolute atomic E-state index is 13.3. The molecule has 90 valence electrons. The van der Waals surface area contributed by atoms with Crippen molar-refractivity contribution in [3.05, 3.63) is 35.1 Å². The molecular weight excluding hydrogens is 215 g/mol. The van der Waals surface area contributed by atoms with Gasteiger partial charge in [0, 0.05) is 0 Å². The van der Waals surface area contributed by atoms with Crippen molar-refractivity contribution >= 4 is 0 Å². The Morgan fingerprint density at radius 2 is 2.00 bits per heavy atom. The van der Waals surface area contributed by atoms with Gasteiger partial charge in [-0.15, -0.1) is 0 Å². The fraction of sp³-hybridized carbons (Fsp3) is 0.500. The molecule has 1 atom stereocenters. The summed E-state index contributed by atoms with van der Waals surface area (Å²) < 4.78 is 39.3. The first kappa shape index (κ1) is 13.0. The highest BCUT2D eigenvalue weighted by Gasteiger charge is 2.36. The van der Waals surface area contributed by atoms with Crippen LogP contribution in [-0.4, -0.2) is 13.0 Å². The number of hydrogen-bond acceptors (Lipinski definition) is 1. The smallest absolute Gasteiger partial charge is 0.260 e. The molecule has 1 aromatic rings. The Hall–Kier alpha value is -1.03. The first-order valence-electron chi connectivity index (χ1n) is 5.21. The van der Waals surface area contributed by atoms with Gasteiger partial charge in [-0.1, -0.05) is 19.1 Å². The SMILES string of the molecule is CCNC(C)(c1ccc(C)c(F)c1)C(F)F. The number of halogens is 3. The quantitative estimate of drug-likeness (QED) is 0.839. The van der Waals surface area contributed by atoms with Gasteiger partial charge in [0.25, 0.3) is 6.43 Å². The third-order valence-corrected chi connectivity index (χ3v) is 2.75. The Morgan fingerprint density at radius 1 is 1.38 bits per heavy atom. The monoisotopic (exact) mass is 231 g/mol. The lowest BCUT2D eigenvalue weighted by Gasteiger charge is -2.30. The highest BCUT2D eigenvalue weighted by molar-refractivity contribution is 5.29. The van der Waals surface area contributed by atoms with Gasteiger partial charge < -0.3 is 5.32 Å². The van der Waals surface area contributed by atoms with E-state index < -0.39 is 17.8 Å². The van der Waals surface area contributed by atoms with Gasteiger partial charge in [0.05, 0.1) is 0 Å². The molecule has 0 aromatic heterocycles. The second-order valence-corrected chi connectivity index (χ2v) is 4.00. The Labute approximate surface area is 93.7 Å². The molecule has 4 heteroatoms. The summed E-state index contributed by atoms with van der Waals surface area (Å²) in [5.74, 6) is -0.456. The first-order valence-corrected chi connectivity index (χ1v) is 5.21. The molecule has 1 nitrogen and oxygen atoms in total. The van der Waals surface area contributed by atoms with E-state index in [4.69, 9.17) is 0 Å². The molecule has 0 radical (unpaired) electrons. The molecule has 0 bridgehead atoms. The number of benzene rings is 1. The number of aryl methyl sites for hydroxylation is 1. The van der Waals surface area contributed by atoms with Crippen LogP contribution < -0.4 is 5.32 Å². The molecule has 0 heterocycles. The van der Waals surface area contributed by atoms with Crippen LogP contribution in [0.5, 0.6) is 0 Å². The Balaban J connectivity index is 3.16. The van der Waals surface area contributed by atoms with E-state index in [0.29, 0.717) is 12.1 Å². The fourth-order valence-electron chi connectivity index (χ4n) is 1.59. The minimum Gasteiger partial charge on any atom is -0.303 e. The molecule has 0 fully saturated rings. The largest absolute Gasteiger partial charge is 0.303 e. The lowest BCUT2D eigenvalue weighted by atomic mass is 9.91. The molecule has 0 aliphatic rings.